The lowest BCUT2D eigenvalue weighted by Crippen LogP contribution is -2.61. The van der Waals surface area contributed by atoms with Gasteiger partial charge in [-0.25, -0.2) is 0 Å². The fraction of sp³-hybridized carbons (Fsp3) is 0.0294. The van der Waals surface area contributed by atoms with Crippen molar-refractivity contribution in [3.8, 4) is 44.5 Å². The molecule has 2 heterocycles. The first-order chi connectivity index (χ1) is 35.3. The molecule has 0 atom stereocenters. The number of anilines is 6. The van der Waals surface area contributed by atoms with Crippen molar-refractivity contribution in [1.82, 2.24) is 0 Å². The van der Waals surface area contributed by atoms with Crippen molar-refractivity contribution < 1.29 is 0 Å². The summed E-state index contributed by atoms with van der Waals surface area (Å²) >= 11 is 0. The van der Waals surface area contributed by atoms with Crippen LogP contribution in [0, 0.1) is 0 Å². The summed E-state index contributed by atoms with van der Waals surface area (Å²) in [5, 5.41) is 0. The van der Waals surface area contributed by atoms with Gasteiger partial charge in [0.05, 0.1) is 10.8 Å². The van der Waals surface area contributed by atoms with Gasteiger partial charge in [0, 0.05) is 34.1 Å². The predicted molar refractivity (Wildman–Crippen MR) is 293 cm³/mol. The molecule has 0 saturated carbocycles. The van der Waals surface area contributed by atoms with Gasteiger partial charge in [0.15, 0.2) is 0 Å². The standard InChI is InChI=1S/C68H41BN2/c1-7-24-52-44(18-1)45-19-2-8-25-53(45)67(52)56-28-11-5-22-48(56)50-40-42(36-38-58(50)67)70-62-32-15-13-30-60(62)69-61-31-14-16-33-63(61)71(65-35-17-34-64(70)66(65)69)43-37-39-59-51(41-43)49-23-6-12-29-57(49)68(59)54-26-9-3-20-46(54)47-21-4-10-27-55(47)68/h1-41H. The van der Waals surface area contributed by atoms with Crippen molar-refractivity contribution >= 4 is 57.2 Å². The Kier molecular flexibility index (Phi) is 7.19. The van der Waals surface area contributed by atoms with Crippen molar-refractivity contribution in [2.75, 3.05) is 9.80 Å². The Bertz CT molecular complexity index is 3830. The Morgan fingerprint density at radius 1 is 0.239 bits per heavy atom. The summed E-state index contributed by atoms with van der Waals surface area (Å²) in [4.78, 5) is 5.11. The van der Waals surface area contributed by atoms with Crippen LogP contribution >= 0.6 is 0 Å². The minimum atomic E-state index is -0.390. The van der Waals surface area contributed by atoms with Crippen molar-refractivity contribution in [2.24, 2.45) is 0 Å². The predicted octanol–water partition coefficient (Wildman–Crippen LogP) is 14.5. The van der Waals surface area contributed by atoms with Gasteiger partial charge in [-0.2, -0.15) is 0 Å². The van der Waals surface area contributed by atoms with Crippen LogP contribution in [0.5, 0.6) is 0 Å². The van der Waals surface area contributed by atoms with Crippen molar-refractivity contribution in [1.29, 1.82) is 0 Å². The van der Waals surface area contributed by atoms with Gasteiger partial charge in [-0.05, 0) is 154 Å². The molecule has 4 aliphatic carbocycles. The highest BCUT2D eigenvalue weighted by atomic mass is 15.2. The maximum absolute atomic E-state index is 2.55. The van der Waals surface area contributed by atoms with E-state index in [0.29, 0.717) is 0 Å². The Morgan fingerprint density at radius 3 is 0.887 bits per heavy atom. The number of benzene rings is 11. The Hall–Kier alpha value is -8.92. The van der Waals surface area contributed by atoms with E-state index < -0.39 is 0 Å². The summed E-state index contributed by atoms with van der Waals surface area (Å²) < 4.78 is 0. The highest BCUT2D eigenvalue weighted by Crippen LogP contribution is 2.65. The number of nitrogens with zero attached hydrogens (tertiary/aromatic N) is 2. The fourth-order valence-corrected chi connectivity index (χ4v) is 14.8. The van der Waals surface area contributed by atoms with E-state index in [1.54, 1.807) is 0 Å². The maximum atomic E-state index is 2.55. The first kappa shape index (κ1) is 38.0. The van der Waals surface area contributed by atoms with Gasteiger partial charge < -0.3 is 9.80 Å². The molecule has 11 aromatic carbocycles. The molecule has 11 aromatic rings. The van der Waals surface area contributed by atoms with Gasteiger partial charge in [-0.1, -0.05) is 200 Å². The second kappa shape index (κ2) is 13.4. The zero-order valence-corrected chi connectivity index (χ0v) is 38.6. The fourth-order valence-electron chi connectivity index (χ4n) is 14.8. The van der Waals surface area contributed by atoms with E-state index in [9.17, 15) is 0 Å². The molecule has 0 fully saturated rings. The molecule has 17 rings (SSSR count). The van der Waals surface area contributed by atoms with Crippen LogP contribution in [0.3, 0.4) is 0 Å². The molecule has 6 aliphatic rings. The molecule has 0 bridgehead atoms. The van der Waals surface area contributed by atoms with Gasteiger partial charge in [-0.3, -0.25) is 0 Å². The van der Waals surface area contributed by atoms with Crippen molar-refractivity contribution in [2.45, 2.75) is 10.8 Å². The van der Waals surface area contributed by atoms with Gasteiger partial charge in [-0.15, -0.1) is 0 Å². The molecule has 0 radical (unpaired) electrons. The normalized spacial score (nSPS) is 15.2. The average Bonchev–Trinajstić information content (AvgIpc) is 4.14. The molecular formula is C68H41BN2. The largest absolute Gasteiger partial charge is 0.311 e. The molecule has 0 N–H and O–H groups in total. The highest BCUT2D eigenvalue weighted by Gasteiger charge is 2.54. The quantitative estimate of drug-likeness (QED) is 0.160. The van der Waals surface area contributed by atoms with E-state index in [2.05, 4.69) is 259 Å². The third-order valence-electron chi connectivity index (χ3n) is 17.3. The summed E-state index contributed by atoms with van der Waals surface area (Å²) in [7, 11) is 0. The van der Waals surface area contributed by atoms with Crippen LogP contribution < -0.4 is 26.2 Å². The van der Waals surface area contributed by atoms with E-state index in [1.165, 1.54) is 128 Å². The summed E-state index contributed by atoms with van der Waals surface area (Å²) in [6.07, 6.45) is 0. The molecule has 0 saturated heterocycles. The van der Waals surface area contributed by atoms with E-state index in [0.717, 1.165) is 11.4 Å². The average molecular weight is 897 g/mol. The topological polar surface area (TPSA) is 6.48 Å². The zero-order valence-electron chi connectivity index (χ0n) is 38.6. The third kappa shape index (κ3) is 4.44. The number of rotatable bonds is 2. The second-order valence-electron chi connectivity index (χ2n) is 20.2. The van der Waals surface area contributed by atoms with Gasteiger partial charge in [0.25, 0.3) is 6.71 Å². The molecule has 0 unspecified atom stereocenters. The van der Waals surface area contributed by atoms with E-state index >= 15 is 0 Å². The summed E-state index contributed by atoms with van der Waals surface area (Å²) in [6.45, 7) is 0.0518. The molecule has 326 valence electrons. The van der Waals surface area contributed by atoms with E-state index in [-0.39, 0.29) is 17.5 Å². The maximum Gasteiger partial charge on any atom is 0.252 e. The Labute approximate surface area is 413 Å². The smallest absolute Gasteiger partial charge is 0.252 e. The number of para-hydroxylation sites is 2. The summed E-state index contributed by atoms with van der Waals surface area (Å²) in [5.74, 6) is 0. The molecule has 2 nitrogen and oxygen atoms in total. The van der Waals surface area contributed by atoms with E-state index in [1.807, 2.05) is 0 Å². The van der Waals surface area contributed by atoms with Crippen molar-refractivity contribution in [3.63, 3.8) is 0 Å². The Balaban J connectivity index is 0.874. The minimum Gasteiger partial charge on any atom is -0.311 e. The number of hydrogen-bond acceptors (Lipinski definition) is 2. The van der Waals surface area contributed by atoms with Crippen LogP contribution in [0.2, 0.25) is 0 Å². The lowest BCUT2D eigenvalue weighted by atomic mass is 9.33. The van der Waals surface area contributed by atoms with Crippen LogP contribution in [-0.4, -0.2) is 6.71 Å². The minimum absolute atomic E-state index is 0.0518. The molecular weight excluding hydrogens is 856 g/mol. The SMILES string of the molecule is c1ccc2c(c1)B1c3ccccc3N(c3ccc4c(c3)-c3ccccc3C43c4ccccc4-c4ccccc43)c3cccc(c31)N2c1ccc2c(c1)-c1ccccc1C21c2ccccc2-c2ccccc21. The molecule has 3 heteroatoms. The summed E-state index contributed by atoms with van der Waals surface area (Å²) in [6, 6.07) is 94.6. The summed E-state index contributed by atoms with van der Waals surface area (Å²) in [5.41, 5.74) is 31.8. The van der Waals surface area contributed by atoms with Crippen molar-refractivity contribution in [3.05, 3.63) is 293 Å². The zero-order chi connectivity index (χ0) is 46.2. The first-order valence-electron chi connectivity index (χ1n) is 25.0. The first-order valence-corrected chi connectivity index (χ1v) is 25.0. The third-order valence-corrected chi connectivity index (χ3v) is 17.3. The van der Waals surface area contributed by atoms with Crippen LogP contribution in [-0.2, 0) is 10.8 Å². The van der Waals surface area contributed by atoms with E-state index in [4.69, 9.17) is 0 Å². The lowest BCUT2D eigenvalue weighted by Gasteiger charge is -2.44. The number of fused-ring (bicyclic) bond motifs is 24. The second-order valence-corrected chi connectivity index (χ2v) is 20.2. The van der Waals surface area contributed by atoms with Gasteiger partial charge >= 0.3 is 0 Å². The molecule has 0 amide bonds. The molecule has 71 heavy (non-hydrogen) atoms. The molecule has 2 aliphatic heterocycles. The van der Waals surface area contributed by atoms with Gasteiger partial charge in [0.2, 0.25) is 0 Å². The molecule has 0 aromatic heterocycles. The van der Waals surface area contributed by atoms with Gasteiger partial charge in [0.1, 0.15) is 0 Å². The van der Waals surface area contributed by atoms with Crippen LogP contribution in [0.15, 0.2) is 249 Å². The Morgan fingerprint density at radius 2 is 0.521 bits per heavy atom. The lowest BCUT2D eigenvalue weighted by molar-refractivity contribution is 0.794. The molecule has 2 spiro atoms. The van der Waals surface area contributed by atoms with Crippen LogP contribution in [0.4, 0.5) is 34.1 Å². The van der Waals surface area contributed by atoms with Crippen LogP contribution in [0.1, 0.15) is 44.5 Å². The van der Waals surface area contributed by atoms with Crippen LogP contribution in [0.25, 0.3) is 44.5 Å². The highest BCUT2D eigenvalue weighted by molar-refractivity contribution is 7.00. The number of hydrogen-bond donors (Lipinski definition) is 0. The monoisotopic (exact) mass is 896 g/mol.